The molecule has 16 heteroatoms. The molecule has 0 saturated carbocycles. The Bertz CT molecular complexity index is 2020. The summed E-state index contributed by atoms with van der Waals surface area (Å²) in [4.78, 5) is 92.3. The Hall–Kier alpha value is -5.69. The van der Waals surface area contributed by atoms with Crippen LogP contribution in [0.15, 0.2) is 50.0 Å². The van der Waals surface area contributed by atoms with Crippen molar-refractivity contribution in [3.63, 3.8) is 0 Å². The Morgan fingerprint density at radius 2 is 1.44 bits per heavy atom. The lowest BCUT2D eigenvalue weighted by atomic mass is 9.82. The van der Waals surface area contributed by atoms with Crippen molar-refractivity contribution >= 4 is 35.6 Å². The number of esters is 4. The molecule has 1 aromatic heterocycles. The van der Waals surface area contributed by atoms with Crippen molar-refractivity contribution in [2.24, 2.45) is 5.92 Å². The van der Waals surface area contributed by atoms with Crippen LogP contribution in [0, 0.1) is 24.7 Å². The van der Waals surface area contributed by atoms with E-state index in [-0.39, 0.29) is 30.3 Å². The number of nitrogens with one attached hydrogen (secondary N) is 1. The number of carbonyl (C=O) groups excluding carboxylic acids is 6. The summed E-state index contributed by atoms with van der Waals surface area (Å²) < 4.78 is 36.8. The van der Waals surface area contributed by atoms with E-state index in [1.54, 1.807) is 58.0 Å². The van der Waals surface area contributed by atoms with Gasteiger partial charge in [-0.3, -0.25) is 14.4 Å². The number of hydrogen-bond donors (Lipinski definition) is 2. The van der Waals surface area contributed by atoms with E-state index < -0.39 is 84.0 Å². The van der Waals surface area contributed by atoms with Gasteiger partial charge in [0.05, 0.1) is 12.3 Å². The molecule has 16 nitrogen and oxygen atoms in total. The molecule has 1 amide bonds. The second-order valence-corrected chi connectivity index (χ2v) is 18.1. The highest BCUT2D eigenvalue weighted by Gasteiger charge is 2.51. The zero-order valence-electron chi connectivity index (χ0n) is 40.3. The van der Waals surface area contributed by atoms with Crippen molar-refractivity contribution in [3.05, 3.63) is 64.1 Å². The Morgan fingerprint density at radius 3 is 2.02 bits per heavy atom. The van der Waals surface area contributed by atoms with E-state index in [4.69, 9.17) is 32.5 Å². The van der Waals surface area contributed by atoms with Gasteiger partial charge in [-0.05, 0) is 98.8 Å². The van der Waals surface area contributed by atoms with Crippen molar-refractivity contribution in [1.29, 1.82) is 0 Å². The fourth-order valence-corrected chi connectivity index (χ4v) is 6.49. The van der Waals surface area contributed by atoms with Crippen LogP contribution in [0.4, 0.5) is 0 Å². The molecular weight excluding hydrogens is 855 g/mol. The average Bonchev–Trinajstić information content (AvgIpc) is 3.56. The Balaban J connectivity index is 2.47. The number of aryl methyl sites for hydroxylation is 1. The largest absolute Gasteiger partial charge is 0.519 e. The van der Waals surface area contributed by atoms with E-state index in [0.29, 0.717) is 37.0 Å². The van der Waals surface area contributed by atoms with Crippen molar-refractivity contribution in [2.75, 3.05) is 13.2 Å². The van der Waals surface area contributed by atoms with Crippen LogP contribution in [0.25, 0.3) is 0 Å². The molecule has 0 radical (unpaired) electrons. The minimum absolute atomic E-state index is 0.0392. The van der Waals surface area contributed by atoms with Gasteiger partial charge in [0, 0.05) is 19.3 Å². The number of allylic oxidation sites excluding steroid dienone is 1. The van der Waals surface area contributed by atoms with Gasteiger partial charge in [0.1, 0.15) is 35.4 Å². The molecule has 0 aliphatic rings. The summed E-state index contributed by atoms with van der Waals surface area (Å²) in [6, 6.07) is 5.07. The highest BCUT2D eigenvalue weighted by Crippen LogP contribution is 2.30. The van der Waals surface area contributed by atoms with Gasteiger partial charge in [0.15, 0.2) is 30.3 Å². The molecule has 0 fully saturated rings. The molecule has 0 aliphatic heterocycles. The second kappa shape index (κ2) is 28.4. The Labute approximate surface area is 388 Å². The third-order valence-electron chi connectivity index (χ3n) is 9.83. The summed E-state index contributed by atoms with van der Waals surface area (Å²) in [6.07, 6.45) is 11.3. The summed E-state index contributed by atoms with van der Waals surface area (Å²) >= 11 is 0. The van der Waals surface area contributed by atoms with Crippen molar-refractivity contribution in [2.45, 2.75) is 182 Å². The highest BCUT2D eigenvalue weighted by molar-refractivity contribution is 5.96. The van der Waals surface area contributed by atoms with E-state index in [9.17, 15) is 38.7 Å². The minimum atomic E-state index is -2.93. The number of amides is 1. The van der Waals surface area contributed by atoms with Gasteiger partial charge in [0.25, 0.3) is 0 Å². The average molecular weight is 926 g/mol. The first kappa shape index (κ1) is 56.4. The topological polar surface area (TPSA) is 224 Å². The van der Waals surface area contributed by atoms with Crippen molar-refractivity contribution < 1.29 is 66.4 Å². The number of unbranched alkanes of at least 4 members (excludes halogenated alkanes) is 8. The van der Waals surface area contributed by atoms with Crippen LogP contribution < -0.4 is 15.9 Å². The second-order valence-electron chi connectivity index (χ2n) is 18.1. The van der Waals surface area contributed by atoms with Crippen LogP contribution in [-0.2, 0) is 60.7 Å². The summed E-state index contributed by atoms with van der Waals surface area (Å²) in [7, 11) is 0. The minimum Gasteiger partial charge on any atom is -0.481 e. The van der Waals surface area contributed by atoms with Gasteiger partial charge in [-0.25, -0.2) is 19.2 Å². The standard InChI is InChI=1S/C50H71NO15/c1-10-12-14-17-20-23-37(52)24-21-18-15-16-19-22-25-39(50(59,46(57)66-49(7,8)9)32-42(53)61-33-41-35(3)63-47(58)64-41)44(55)51-40(45(56)62-34-43(54)65-48(4,5)6)31-36-26-28-38(29-27-36)60-30-13-11-2/h22,25-29,39-40,59H,10,12,14-21,23-24,30-34H2,1-9H3,(H,51,55)/t39-,40+,50+/m1/s1. The molecule has 2 rings (SSSR count). The first-order chi connectivity index (χ1) is 31.1. The number of ether oxygens (including phenoxy) is 5. The molecular formula is C50H71NO15. The normalized spacial score (nSPS) is 13.4. The summed E-state index contributed by atoms with van der Waals surface area (Å²) in [5.74, 6) is -2.18. The zero-order valence-corrected chi connectivity index (χ0v) is 40.3. The van der Waals surface area contributed by atoms with Crippen molar-refractivity contribution in [3.8, 4) is 17.6 Å². The van der Waals surface area contributed by atoms with Gasteiger partial charge in [-0.1, -0.05) is 75.7 Å². The quantitative estimate of drug-likeness (QED) is 0.0265. The molecule has 1 aromatic carbocycles. The van der Waals surface area contributed by atoms with Crippen LogP contribution in [0.2, 0.25) is 0 Å². The van der Waals surface area contributed by atoms with E-state index in [1.807, 2.05) is 0 Å². The fourth-order valence-electron chi connectivity index (χ4n) is 6.49. The molecule has 366 valence electrons. The van der Waals surface area contributed by atoms with E-state index >= 15 is 0 Å². The van der Waals surface area contributed by atoms with Crippen LogP contribution in [0.5, 0.6) is 5.75 Å². The molecule has 3 atom stereocenters. The van der Waals surface area contributed by atoms with E-state index in [0.717, 1.165) is 44.9 Å². The number of ketones is 1. The summed E-state index contributed by atoms with van der Waals surface area (Å²) in [5.41, 5.74) is -4.50. The number of hydrogen-bond acceptors (Lipinski definition) is 15. The predicted molar refractivity (Wildman–Crippen MR) is 244 cm³/mol. The summed E-state index contributed by atoms with van der Waals surface area (Å²) in [6.45, 7) is 13.5. The molecule has 0 aliphatic carbocycles. The van der Waals surface area contributed by atoms with E-state index in [1.165, 1.54) is 40.2 Å². The third-order valence-corrected chi connectivity index (χ3v) is 9.83. The lowest BCUT2D eigenvalue weighted by Gasteiger charge is -2.34. The molecule has 0 unspecified atom stereocenters. The zero-order chi connectivity index (χ0) is 49.3. The van der Waals surface area contributed by atoms with Gasteiger partial charge >= 0.3 is 29.7 Å². The molecule has 2 aromatic rings. The molecule has 0 bridgehead atoms. The Morgan fingerprint density at radius 1 is 0.818 bits per heavy atom. The smallest absolute Gasteiger partial charge is 0.481 e. The third kappa shape index (κ3) is 22.5. The van der Waals surface area contributed by atoms with Crippen LogP contribution in [-0.4, -0.2) is 76.7 Å². The van der Waals surface area contributed by atoms with Gasteiger partial charge < -0.3 is 42.9 Å². The number of rotatable bonds is 29. The fraction of sp³-hybridized carbons (Fsp3) is 0.620. The summed E-state index contributed by atoms with van der Waals surface area (Å²) in [5, 5.41) is 14.9. The number of benzene rings is 1. The molecule has 2 N–H and O–H groups in total. The van der Waals surface area contributed by atoms with Crippen molar-refractivity contribution in [1.82, 2.24) is 5.32 Å². The number of carbonyl (C=O) groups is 6. The maximum absolute atomic E-state index is 14.6. The Kier molecular flexibility index (Phi) is 24.3. The maximum Gasteiger partial charge on any atom is 0.519 e. The number of aliphatic hydroxyl groups is 1. The molecule has 66 heavy (non-hydrogen) atoms. The number of Topliss-reactive ketones (excluding diaryl/α,β-unsaturated/α-hetero) is 1. The van der Waals surface area contributed by atoms with Gasteiger partial charge in [-0.2, -0.15) is 0 Å². The lowest BCUT2D eigenvalue weighted by Crippen LogP contribution is -2.57. The first-order valence-corrected chi connectivity index (χ1v) is 22.8. The van der Waals surface area contributed by atoms with E-state index in [2.05, 4.69) is 24.1 Å². The van der Waals surface area contributed by atoms with Crippen LogP contribution >= 0.6 is 0 Å². The lowest BCUT2D eigenvalue weighted by molar-refractivity contribution is -0.188. The maximum atomic E-state index is 14.6. The van der Waals surface area contributed by atoms with Crippen LogP contribution in [0.1, 0.15) is 156 Å². The predicted octanol–water partition coefficient (Wildman–Crippen LogP) is 7.50. The molecule has 0 saturated heterocycles. The van der Waals surface area contributed by atoms with Gasteiger partial charge in [-0.15, -0.1) is 5.92 Å². The highest BCUT2D eigenvalue weighted by atomic mass is 16.6. The van der Waals surface area contributed by atoms with Crippen LogP contribution in [0.3, 0.4) is 0 Å². The molecule has 0 spiro atoms. The molecule has 1 heterocycles. The SMILES string of the molecule is CC#CCOc1ccc(C[C@H](NC(=O)[C@@H](C=CCCCCCCC(=O)CCCCCCC)[C@@](O)(CC(=O)OCc2oc(=O)oc2C)C(=O)OC(C)(C)C)C(=O)OCC(=O)OC(C)(C)C)cc1. The monoisotopic (exact) mass is 925 g/mol. The first-order valence-electron chi connectivity index (χ1n) is 22.8. The van der Waals surface area contributed by atoms with Gasteiger partial charge in [0.2, 0.25) is 5.91 Å².